The normalized spacial score (nSPS) is 11.9. The largest absolute Gasteiger partial charge is 0.350 e. The molecule has 0 aliphatic heterocycles. The molecule has 1 aromatic carbocycles. The van der Waals surface area contributed by atoms with E-state index in [2.05, 4.69) is 20.7 Å². The van der Waals surface area contributed by atoms with Crippen molar-refractivity contribution in [3.05, 3.63) is 46.5 Å². The van der Waals surface area contributed by atoms with Gasteiger partial charge in [0.1, 0.15) is 18.3 Å². The Morgan fingerprint density at radius 1 is 1.48 bits per heavy atom. The lowest BCUT2D eigenvalue weighted by atomic mass is 10.1. The average molecular weight is 318 g/mol. The van der Waals surface area contributed by atoms with Gasteiger partial charge in [0.15, 0.2) is 0 Å². The van der Waals surface area contributed by atoms with Crippen molar-refractivity contribution < 1.29 is 9.72 Å². The molecule has 9 nitrogen and oxygen atoms in total. The van der Waals surface area contributed by atoms with Crippen LogP contribution in [0.3, 0.4) is 0 Å². The van der Waals surface area contributed by atoms with Gasteiger partial charge in [-0.15, -0.1) is 0 Å². The number of likely N-dealkylation sites (N-methyl/N-ethyl adjacent to an activating group) is 1. The molecule has 122 valence electrons. The third-order valence-electron chi connectivity index (χ3n) is 3.22. The number of benzene rings is 1. The number of nitro groups is 1. The second-order valence-electron chi connectivity index (χ2n) is 4.97. The topological polar surface area (TPSA) is 115 Å². The minimum Gasteiger partial charge on any atom is -0.350 e. The number of rotatable bonds is 7. The number of hydrogen-bond acceptors (Lipinski definition) is 6. The third-order valence-corrected chi connectivity index (χ3v) is 3.22. The average Bonchev–Trinajstić information content (AvgIpc) is 3.06. The summed E-state index contributed by atoms with van der Waals surface area (Å²) in [5.74, 6) is -0.358. The predicted octanol–water partition coefficient (Wildman–Crippen LogP) is 0.903. The maximum atomic E-state index is 12.1. The Morgan fingerprint density at radius 2 is 2.26 bits per heavy atom. The Morgan fingerprint density at radius 3 is 2.87 bits per heavy atom. The van der Waals surface area contributed by atoms with E-state index in [1.807, 2.05) is 13.8 Å². The zero-order chi connectivity index (χ0) is 16.8. The van der Waals surface area contributed by atoms with Gasteiger partial charge in [0.25, 0.3) is 11.6 Å². The highest BCUT2D eigenvalue weighted by atomic mass is 16.6. The third kappa shape index (κ3) is 4.10. The number of aromatic nitrogens is 3. The van der Waals surface area contributed by atoms with Crippen molar-refractivity contribution in [2.45, 2.75) is 19.9 Å². The van der Waals surface area contributed by atoms with Crippen molar-refractivity contribution in [2.24, 2.45) is 0 Å². The number of nitrogens with one attached hydrogen (secondary N) is 2. The minimum atomic E-state index is -0.547. The lowest BCUT2D eigenvalue weighted by Gasteiger charge is -2.13. The quantitative estimate of drug-likeness (QED) is 0.579. The molecule has 1 atom stereocenters. The van der Waals surface area contributed by atoms with E-state index in [0.717, 1.165) is 6.54 Å². The summed E-state index contributed by atoms with van der Waals surface area (Å²) in [6.07, 6.45) is 2.65. The van der Waals surface area contributed by atoms with Crippen molar-refractivity contribution in [2.75, 3.05) is 13.1 Å². The standard InChI is InChI=1S/C14H18N6O3/c1-3-16-10(2)7-17-14(21)11-4-5-12(13(6-11)20(22)23)19-9-15-8-18-19/h4-6,8-10,16H,3,7H2,1-2H3,(H,17,21)/t10-/m1/s1. The maximum Gasteiger partial charge on any atom is 0.295 e. The number of hydrogen-bond donors (Lipinski definition) is 2. The Bertz CT molecular complexity index is 686. The van der Waals surface area contributed by atoms with Crippen molar-refractivity contribution >= 4 is 11.6 Å². The summed E-state index contributed by atoms with van der Waals surface area (Å²) in [6.45, 7) is 5.16. The zero-order valence-electron chi connectivity index (χ0n) is 12.9. The van der Waals surface area contributed by atoms with E-state index in [-0.39, 0.29) is 28.9 Å². The summed E-state index contributed by atoms with van der Waals surface area (Å²) in [6, 6.07) is 4.37. The number of carbonyl (C=O) groups is 1. The Hall–Kier alpha value is -2.81. The van der Waals surface area contributed by atoms with Crippen LogP contribution in [0.25, 0.3) is 5.69 Å². The fraction of sp³-hybridized carbons (Fsp3) is 0.357. The molecule has 0 unspecified atom stereocenters. The van der Waals surface area contributed by atoms with Crippen molar-refractivity contribution in [1.82, 2.24) is 25.4 Å². The lowest BCUT2D eigenvalue weighted by Crippen LogP contribution is -2.38. The maximum absolute atomic E-state index is 12.1. The molecule has 0 fully saturated rings. The van der Waals surface area contributed by atoms with E-state index in [4.69, 9.17) is 0 Å². The van der Waals surface area contributed by atoms with Crippen molar-refractivity contribution in [1.29, 1.82) is 0 Å². The monoisotopic (exact) mass is 318 g/mol. The summed E-state index contributed by atoms with van der Waals surface area (Å²) in [5.41, 5.74) is 0.275. The van der Waals surface area contributed by atoms with Crippen LogP contribution in [-0.2, 0) is 0 Å². The first-order chi connectivity index (χ1) is 11.0. The molecule has 1 heterocycles. The molecule has 2 N–H and O–H groups in total. The summed E-state index contributed by atoms with van der Waals surface area (Å²) < 4.78 is 1.28. The molecule has 0 bridgehead atoms. The first kappa shape index (κ1) is 16.6. The van der Waals surface area contributed by atoms with Crippen molar-refractivity contribution in [3.63, 3.8) is 0 Å². The molecule has 0 radical (unpaired) electrons. The Kier molecular flexibility index (Phi) is 5.36. The van der Waals surface area contributed by atoms with Crippen molar-refractivity contribution in [3.8, 4) is 5.69 Å². The number of carbonyl (C=O) groups excluding carboxylic acids is 1. The summed E-state index contributed by atoms with van der Waals surface area (Å²) in [7, 11) is 0. The van der Waals surface area contributed by atoms with E-state index < -0.39 is 4.92 Å². The number of nitrogens with zero attached hydrogens (tertiary/aromatic N) is 4. The number of amides is 1. The smallest absolute Gasteiger partial charge is 0.295 e. The van der Waals surface area contributed by atoms with Gasteiger partial charge in [0.2, 0.25) is 0 Å². The predicted molar refractivity (Wildman–Crippen MR) is 83.5 cm³/mol. The second-order valence-corrected chi connectivity index (χ2v) is 4.97. The molecule has 0 aliphatic carbocycles. The SMILES string of the molecule is CCN[C@H](C)CNC(=O)c1ccc(-n2cncn2)c([N+](=O)[O-])c1. The zero-order valence-corrected chi connectivity index (χ0v) is 12.9. The summed E-state index contributed by atoms with van der Waals surface area (Å²) in [5, 5.41) is 21.0. The van der Waals surface area contributed by atoms with Gasteiger partial charge >= 0.3 is 0 Å². The van der Waals surface area contributed by atoms with Gasteiger partial charge in [-0.1, -0.05) is 6.92 Å². The second kappa shape index (κ2) is 7.45. The van der Waals surface area contributed by atoms with E-state index in [1.165, 1.54) is 35.5 Å². The molecule has 1 aromatic heterocycles. The molecular formula is C14H18N6O3. The molecular weight excluding hydrogens is 300 g/mol. The molecule has 0 aliphatic rings. The van der Waals surface area contributed by atoms with E-state index in [0.29, 0.717) is 6.54 Å². The van der Waals surface area contributed by atoms with Crippen LogP contribution in [0.4, 0.5) is 5.69 Å². The van der Waals surface area contributed by atoms with Gasteiger partial charge in [-0.25, -0.2) is 9.67 Å². The minimum absolute atomic E-state index is 0.119. The molecule has 0 saturated heterocycles. The molecule has 2 aromatic rings. The molecule has 0 saturated carbocycles. The van der Waals surface area contributed by atoms with Crippen LogP contribution in [0, 0.1) is 10.1 Å². The van der Waals surface area contributed by atoms with Crippen LogP contribution in [0.1, 0.15) is 24.2 Å². The van der Waals surface area contributed by atoms with E-state index in [1.54, 1.807) is 0 Å². The molecule has 1 amide bonds. The van der Waals surface area contributed by atoms with Gasteiger partial charge in [-0.3, -0.25) is 14.9 Å². The van der Waals surface area contributed by atoms with Crippen LogP contribution < -0.4 is 10.6 Å². The fourth-order valence-electron chi connectivity index (χ4n) is 2.11. The summed E-state index contributed by atoms with van der Waals surface area (Å²) in [4.78, 5) is 26.6. The van der Waals surface area contributed by atoms with Crippen LogP contribution in [0.2, 0.25) is 0 Å². The highest BCUT2D eigenvalue weighted by Crippen LogP contribution is 2.23. The Labute approximate surface area is 132 Å². The Balaban J connectivity index is 2.19. The van der Waals surface area contributed by atoms with Crippen LogP contribution in [-0.4, -0.2) is 44.7 Å². The fourth-order valence-corrected chi connectivity index (χ4v) is 2.11. The van der Waals surface area contributed by atoms with Gasteiger partial charge in [-0.05, 0) is 25.6 Å². The van der Waals surface area contributed by atoms with Gasteiger partial charge in [0, 0.05) is 24.2 Å². The first-order valence-corrected chi connectivity index (χ1v) is 7.18. The van der Waals surface area contributed by atoms with Crippen LogP contribution in [0.15, 0.2) is 30.9 Å². The molecule has 2 rings (SSSR count). The highest BCUT2D eigenvalue weighted by Gasteiger charge is 2.19. The van der Waals surface area contributed by atoms with Gasteiger partial charge in [-0.2, -0.15) is 5.10 Å². The van der Waals surface area contributed by atoms with E-state index >= 15 is 0 Å². The summed E-state index contributed by atoms with van der Waals surface area (Å²) >= 11 is 0. The van der Waals surface area contributed by atoms with E-state index in [9.17, 15) is 14.9 Å². The molecule has 0 spiro atoms. The highest BCUT2D eigenvalue weighted by molar-refractivity contribution is 5.95. The first-order valence-electron chi connectivity index (χ1n) is 7.18. The molecule has 23 heavy (non-hydrogen) atoms. The number of nitro benzene ring substituents is 1. The lowest BCUT2D eigenvalue weighted by molar-refractivity contribution is -0.384. The van der Waals surface area contributed by atoms with Gasteiger partial charge < -0.3 is 10.6 Å². The van der Waals surface area contributed by atoms with Crippen LogP contribution >= 0.6 is 0 Å². The van der Waals surface area contributed by atoms with Crippen LogP contribution in [0.5, 0.6) is 0 Å². The van der Waals surface area contributed by atoms with Gasteiger partial charge in [0.05, 0.1) is 4.92 Å². The molecule has 9 heteroatoms.